The summed E-state index contributed by atoms with van der Waals surface area (Å²) in [6.45, 7) is 2.93. The number of para-hydroxylation sites is 1. The van der Waals surface area contributed by atoms with Gasteiger partial charge in [-0.25, -0.2) is 0 Å². The van der Waals surface area contributed by atoms with Crippen molar-refractivity contribution in [1.82, 2.24) is 5.32 Å². The fourth-order valence-corrected chi connectivity index (χ4v) is 4.89. The van der Waals surface area contributed by atoms with Gasteiger partial charge in [-0.3, -0.25) is 9.59 Å². The molecule has 0 aliphatic rings. The van der Waals surface area contributed by atoms with E-state index in [0.29, 0.717) is 21.8 Å². The second-order valence-electron chi connectivity index (χ2n) is 10.2. The van der Waals surface area contributed by atoms with Crippen molar-refractivity contribution in [2.45, 2.75) is 51.5 Å². The molecule has 4 aromatic carbocycles. The van der Waals surface area contributed by atoms with Gasteiger partial charge in [0.1, 0.15) is 11.5 Å². The van der Waals surface area contributed by atoms with E-state index in [1.807, 2.05) is 78.9 Å². The Labute approximate surface area is 252 Å². The van der Waals surface area contributed by atoms with E-state index in [-0.39, 0.29) is 12.3 Å². The quantitative estimate of drug-likeness (QED) is 0.121. The average molecular weight is 585 g/mol. The number of hydrogen-bond donors (Lipinski definition) is 3. The number of nitrogens with one attached hydrogen (secondary N) is 2. The molecule has 0 bridgehead atoms. The van der Waals surface area contributed by atoms with E-state index in [2.05, 4.69) is 17.6 Å². The van der Waals surface area contributed by atoms with E-state index in [1.165, 1.54) is 19.3 Å². The molecule has 4 aromatic rings. The predicted octanol–water partition coefficient (Wildman–Crippen LogP) is 9.13. The first kappa shape index (κ1) is 30.7. The van der Waals surface area contributed by atoms with Crippen molar-refractivity contribution < 1.29 is 19.4 Å². The Morgan fingerprint density at radius 3 is 2.12 bits per heavy atom. The highest BCUT2D eigenvalue weighted by Gasteiger charge is 2.21. The maximum absolute atomic E-state index is 13.4. The number of unbranched alkanes of at least 4 members (excludes halogenated alkanes) is 4. The third kappa shape index (κ3) is 9.11. The standard InChI is InChI=1S/C35H37ClN2O4/c1-2-3-4-5-9-22-37-32-21-18-28(36)23-31(32)35(41)38-33(24-34(39)40)27-14-12-25(13-15-27)26-16-19-30(20-17-26)42-29-10-7-6-8-11-29/h6-8,10-21,23,33,37H,2-5,9,22,24H2,1H3,(H,38,41)(H,39,40). The number of carboxylic acid groups (broad SMARTS) is 1. The van der Waals surface area contributed by atoms with E-state index in [0.717, 1.165) is 42.0 Å². The normalized spacial score (nSPS) is 11.5. The third-order valence-electron chi connectivity index (χ3n) is 6.99. The molecule has 0 spiro atoms. The van der Waals surface area contributed by atoms with Gasteiger partial charge in [-0.05, 0) is 65.6 Å². The van der Waals surface area contributed by atoms with Crippen molar-refractivity contribution in [2.24, 2.45) is 0 Å². The molecule has 7 heteroatoms. The van der Waals surface area contributed by atoms with E-state index >= 15 is 0 Å². The molecule has 0 aliphatic heterocycles. The lowest BCUT2D eigenvalue weighted by Crippen LogP contribution is -2.30. The van der Waals surface area contributed by atoms with Crippen molar-refractivity contribution >= 4 is 29.2 Å². The third-order valence-corrected chi connectivity index (χ3v) is 7.22. The lowest BCUT2D eigenvalue weighted by molar-refractivity contribution is -0.137. The van der Waals surface area contributed by atoms with Gasteiger partial charge in [0.2, 0.25) is 0 Å². The van der Waals surface area contributed by atoms with Crippen LogP contribution in [0.15, 0.2) is 97.1 Å². The van der Waals surface area contributed by atoms with Gasteiger partial charge in [-0.2, -0.15) is 0 Å². The van der Waals surface area contributed by atoms with Crippen molar-refractivity contribution in [2.75, 3.05) is 11.9 Å². The zero-order chi connectivity index (χ0) is 29.7. The van der Waals surface area contributed by atoms with Crippen molar-refractivity contribution in [3.8, 4) is 22.6 Å². The van der Waals surface area contributed by atoms with Crippen LogP contribution in [0.1, 0.15) is 67.4 Å². The fourth-order valence-electron chi connectivity index (χ4n) is 4.72. The number of anilines is 1. The van der Waals surface area contributed by atoms with Crippen LogP contribution in [0.25, 0.3) is 11.1 Å². The molecule has 0 radical (unpaired) electrons. The largest absolute Gasteiger partial charge is 0.481 e. The number of carbonyl (C=O) groups is 2. The zero-order valence-corrected chi connectivity index (χ0v) is 24.6. The van der Waals surface area contributed by atoms with Gasteiger partial charge < -0.3 is 20.5 Å². The molecular weight excluding hydrogens is 548 g/mol. The minimum Gasteiger partial charge on any atom is -0.481 e. The summed E-state index contributed by atoms with van der Waals surface area (Å²) < 4.78 is 5.88. The van der Waals surface area contributed by atoms with Gasteiger partial charge in [0.05, 0.1) is 18.0 Å². The summed E-state index contributed by atoms with van der Waals surface area (Å²) >= 11 is 6.23. The molecule has 42 heavy (non-hydrogen) atoms. The number of halogens is 1. The SMILES string of the molecule is CCCCCCCNc1ccc(Cl)cc1C(=O)NC(CC(=O)O)c1ccc(-c2ccc(Oc3ccccc3)cc2)cc1. The minimum atomic E-state index is -1.00. The van der Waals surface area contributed by atoms with Crippen molar-refractivity contribution in [3.63, 3.8) is 0 Å². The number of carboxylic acids is 1. The van der Waals surface area contributed by atoms with Crippen LogP contribution < -0.4 is 15.4 Å². The van der Waals surface area contributed by atoms with E-state index in [9.17, 15) is 14.7 Å². The predicted molar refractivity (Wildman–Crippen MR) is 170 cm³/mol. The molecule has 1 unspecified atom stereocenters. The Bertz CT molecular complexity index is 1440. The van der Waals surface area contributed by atoms with Crippen LogP contribution in [-0.4, -0.2) is 23.5 Å². The molecule has 0 aromatic heterocycles. The van der Waals surface area contributed by atoms with Gasteiger partial charge in [-0.1, -0.05) is 98.8 Å². The van der Waals surface area contributed by atoms with Crippen molar-refractivity contribution in [3.05, 3.63) is 113 Å². The molecule has 0 saturated heterocycles. The smallest absolute Gasteiger partial charge is 0.305 e. The summed E-state index contributed by atoms with van der Waals surface area (Å²) in [6, 6.07) is 29.3. The van der Waals surface area contributed by atoms with E-state index in [4.69, 9.17) is 16.3 Å². The lowest BCUT2D eigenvalue weighted by atomic mass is 9.98. The summed E-state index contributed by atoms with van der Waals surface area (Å²) in [5.74, 6) is 0.117. The van der Waals surface area contributed by atoms with E-state index < -0.39 is 12.0 Å². The first-order valence-corrected chi connectivity index (χ1v) is 14.8. The second-order valence-corrected chi connectivity index (χ2v) is 10.7. The van der Waals surface area contributed by atoms with Crippen LogP contribution in [0.4, 0.5) is 5.69 Å². The van der Waals surface area contributed by atoms with Gasteiger partial charge >= 0.3 is 5.97 Å². The molecule has 0 saturated carbocycles. The summed E-state index contributed by atoms with van der Waals surface area (Å²) in [4.78, 5) is 25.1. The number of rotatable bonds is 15. The fraction of sp³-hybridized carbons (Fsp3) is 0.257. The number of hydrogen-bond acceptors (Lipinski definition) is 4. The van der Waals surface area contributed by atoms with Gasteiger partial charge in [0.25, 0.3) is 5.91 Å². The van der Waals surface area contributed by atoms with Gasteiger partial charge in [-0.15, -0.1) is 0 Å². The molecule has 0 heterocycles. The molecule has 3 N–H and O–H groups in total. The maximum Gasteiger partial charge on any atom is 0.305 e. The zero-order valence-electron chi connectivity index (χ0n) is 23.8. The number of amides is 1. The van der Waals surface area contributed by atoms with Crippen LogP contribution in [0.2, 0.25) is 5.02 Å². The highest BCUT2D eigenvalue weighted by molar-refractivity contribution is 6.31. The van der Waals surface area contributed by atoms with Gasteiger partial charge in [0.15, 0.2) is 0 Å². The highest BCUT2D eigenvalue weighted by Crippen LogP contribution is 2.28. The Morgan fingerprint density at radius 2 is 1.45 bits per heavy atom. The first-order valence-electron chi connectivity index (χ1n) is 14.4. The number of ether oxygens (including phenoxy) is 1. The van der Waals surface area contributed by atoms with Crippen LogP contribution in [0.3, 0.4) is 0 Å². The Balaban J connectivity index is 1.44. The molecular formula is C35H37ClN2O4. The van der Waals surface area contributed by atoms with Crippen LogP contribution in [-0.2, 0) is 4.79 Å². The molecule has 0 aliphatic carbocycles. The topological polar surface area (TPSA) is 87.7 Å². The van der Waals surface area contributed by atoms with E-state index in [1.54, 1.807) is 18.2 Å². The van der Waals surface area contributed by atoms with Crippen LogP contribution in [0, 0.1) is 0 Å². The maximum atomic E-state index is 13.4. The number of carbonyl (C=O) groups excluding carboxylic acids is 1. The molecule has 4 rings (SSSR count). The lowest BCUT2D eigenvalue weighted by Gasteiger charge is -2.20. The van der Waals surface area contributed by atoms with Gasteiger partial charge in [0, 0.05) is 17.3 Å². The molecule has 6 nitrogen and oxygen atoms in total. The van der Waals surface area contributed by atoms with Crippen molar-refractivity contribution in [1.29, 1.82) is 0 Å². The monoisotopic (exact) mass is 584 g/mol. The number of aliphatic carboxylic acids is 1. The molecule has 218 valence electrons. The Morgan fingerprint density at radius 1 is 0.810 bits per heavy atom. The van der Waals surface area contributed by atoms with Crippen LogP contribution in [0.5, 0.6) is 11.5 Å². The number of benzene rings is 4. The summed E-state index contributed by atoms with van der Waals surface area (Å²) in [6.07, 6.45) is 5.47. The molecule has 0 fully saturated rings. The first-order chi connectivity index (χ1) is 20.4. The summed E-state index contributed by atoms with van der Waals surface area (Å²) in [7, 11) is 0. The second kappa shape index (κ2) is 15.6. The summed E-state index contributed by atoms with van der Waals surface area (Å²) in [5.41, 5.74) is 3.72. The average Bonchev–Trinajstić information content (AvgIpc) is 3.00. The Kier molecular flexibility index (Phi) is 11.4. The minimum absolute atomic E-state index is 0.253. The summed E-state index contributed by atoms with van der Waals surface area (Å²) in [5, 5.41) is 16.3. The molecule has 1 atom stereocenters. The van der Waals surface area contributed by atoms with Crippen LogP contribution >= 0.6 is 11.6 Å². The Hall–Kier alpha value is -4.29. The highest BCUT2D eigenvalue weighted by atomic mass is 35.5. The molecule has 1 amide bonds.